The maximum Gasteiger partial charge on any atom is 0.271 e. The van der Waals surface area contributed by atoms with Crippen LogP contribution < -0.4 is 10.3 Å². The maximum atomic E-state index is 12.2. The summed E-state index contributed by atoms with van der Waals surface area (Å²) in [6.07, 6.45) is 3.72. The molecule has 0 saturated carbocycles. The van der Waals surface area contributed by atoms with Crippen molar-refractivity contribution >= 4 is 40.7 Å². The van der Waals surface area contributed by atoms with E-state index in [0.29, 0.717) is 10.6 Å². The molecule has 156 valence electrons. The lowest BCUT2D eigenvalue weighted by atomic mass is 9.88. The van der Waals surface area contributed by atoms with E-state index in [-0.39, 0.29) is 16.8 Å². The van der Waals surface area contributed by atoms with Crippen LogP contribution in [-0.4, -0.2) is 29.1 Å². The number of allylic oxidation sites excluding steroid dienone is 1. The average Bonchev–Trinajstić information content (AvgIpc) is 2.68. The number of carbonyl (C=O) groups is 1. The smallest absolute Gasteiger partial charge is 0.271 e. The number of nitro groups is 1. The van der Waals surface area contributed by atoms with Crippen molar-refractivity contribution in [1.29, 1.82) is 0 Å². The molecule has 1 N–H and O–H groups in total. The summed E-state index contributed by atoms with van der Waals surface area (Å²) in [6.45, 7) is 9.36. The summed E-state index contributed by atoms with van der Waals surface area (Å²) < 4.78 is 0. The van der Waals surface area contributed by atoms with Crippen LogP contribution in [0.3, 0.4) is 0 Å². The number of anilines is 1. The largest absolute Gasteiger partial charge is 0.363 e. The minimum atomic E-state index is -0.519. The molecule has 1 amide bonds. The summed E-state index contributed by atoms with van der Waals surface area (Å²) in [5.74, 6) is -0.467. The summed E-state index contributed by atoms with van der Waals surface area (Å²) in [4.78, 5) is 24.7. The van der Waals surface area contributed by atoms with Crippen molar-refractivity contribution < 1.29 is 9.72 Å². The topological polar surface area (TPSA) is 87.8 Å². The Morgan fingerprint density at radius 2 is 1.97 bits per heavy atom. The molecule has 0 spiro atoms. The van der Waals surface area contributed by atoms with Crippen LogP contribution in [0.5, 0.6) is 0 Å². The van der Waals surface area contributed by atoms with E-state index in [1.54, 1.807) is 0 Å². The standard InChI is InChI=1S/C22H23ClN4O3/c1-5-26-20-11-19(23)16(10-18(20)14(2)12-22(26,3)4)13-24-25-21(28)15-6-8-17(9-7-15)27(29)30/h6-13H,5H2,1-4H3,(H,25,28)/b24-13-. The number of halogens is 1. The molecule has 0 saturated heterocycles. The van der Waals surface area contributed by atoms with Gasteiger partial charge < -0.3 is 4.90 Å². The zero-order chi connectivity index (χ0) is 22.1. The predicted octanol–water partition coefficient (Wildman–Crippen LogP) is 5.03. The number of fused-ring (bicyclic) bond motifs is 1. The van der Waals surface area contributed by atoms with Gasteiger partial charge in [0.15, 0.2) is 0 Å². The molecule has 0 bridgehead atoms. The van der Waals surface area contributed by atoms with Gasteiger partial charge in [0.25, 0.3) is 11.6 Å². The molecule has 1 aliphatic heterocycles. The molecule has 7 nitrogen and oxygen atoms in total. The highest BCUT2D eigenvalue weighted by Crippen LogP contribution is 2.40. The minimum absolute atomic E-state index is 0.0800. The van der Waals surface area contributed by atoms with Gasteiger partial charge in [-0.2, -0.15) is 5.10 Å². The molecular weight excluding hydrogens is 404 g/mol. The number of likely N-dealkylation sites (N-methyl/N-ethyl adjacent to an activating group) is 1. The highest BCUT2D eigenvalue weighted by molar-refractivity contribution is 6.33. The summed E-state index contributed by atoms with van der Waals surface area (Å²) in [6, 6.07) is 9.19. The van der Waals surface area contributed by atoms with E-state index >= 15 is 0 Å². The van der Waals surface area contributed by atoms with Gasteiger partial charge in [0.1, 0.15) is 0 Å². The molecule has 1 aliphatic rings. The molecule has 0 radical (unpaired) electrons. The SMILES string of the molecule is CCN1c2cc(Cl)c(/C=N\NC(=O)c3ccc([N+](=O)[O-])cc3)cc2C(C)=CC1(C)C. The van der Waals surface area contributed by atoms with Crippen LogP contribution in [-0.2, 0) is 0 Å². The maximum absolute atomic E-state index is 12.2. The van der Waals surface area contributed by atoms with Gasteiger partial charge >= 0.3 is 0 Å². The van der Waals surface area contributed by atoms with E-state index in [4.69, 9.17) is 11.6 Å². The van der Waals surface area contributed by atoms with Gasteiger partial charge in [-0.1, -0.05) is 17.7 Å². The first-order valence-corrected chi connectivity index (χ1v) is 9.90. The molecular formula is C22H23ClN4O3. The Morgan fingerprint density at radius 1 is 1.30 bits per heavy atom. The molecule has 0 aliphatic carbocycles. The molecule has 0 atom stereocenters. The summed E-state index contributed by atoms with van der Waals surface area (Å²) >= 11 is 6.49. The fourth-order valence-electron chi connectivity index (χ4n) is 3.75. The molecule has 1 heterocycles. The number of non-ortho nitro benzene ring substituents is 1. The molecule has 0 fully saturated rings. The number of hydrogen-bond acceptors (Lipinski definition) is 5. The van der Waals surface area contributed by atoms with E-state index in [2.05, 4.69) is 49.2 Å². The van der Waals surface area contributed by atoms with Crippen molar-refractivity contribution in [2.75, 3.05) is 11.4 Å². The molecule has 30 heavy (non-hydrogen) atoms. The van der Waals surface area contributed by atoms with E-state index in [1.807, 2.05) is 12.1 Å². The minimum Gasteiger partial charge on any atom is -0.363 e. The van der Waals surface area contributed by atoms with Crippen LogP contribution in [0.4, 0.5) is 11.4 Å². The zero-order valence-corrected chi connectivity index (χ0v) is 18.0. The number of nitro benzene ring substituents is 1. The third-order valence-corrected chi connectivity index (χ3v) is 5.45. The van der Waals surface area contributed by atoms with Crippen LogP contribution in [0.25, 0.3) is 5.57 Å². The zero-order valence-electron chi connectivity index (χ0n) is 17.3. The predicted molar refractivity (Wildman–Crippen MR) is 120 cm³/mol. The molecule has 0 unspecified atom stereocenters. The van der Waals surface area contributed by atoms with Crippen LogP contribution in [0.15, 0.2) is 47.6 Å². The van der Waals surface area contributed by atoms with Gasteiger partial charge in [-0.15, -0.1) is 0 Å². The van der Waals surface area contributed by atoms with E-state index in [0.717, 1.165) is 23.4 Å². The van der Waals surface area contributed by atoms with Crippen molar-refractivity contribution in [3.63, 3.8) is 0 Å². The molecule has 0 aromatic heterocycles. The summed E-state index contributed by atoms with van der Waals surface area (Å²) in [7, 11) is 0. The Bertz CT molecular complexity index is 1060. The normalized spacial score (nSPS) is 15.0. The average molecular weight is 427 g/mol. The molecule has 8 heteroatoms. The van der Waals surface area contributed by atoms with Crippen molar-refractivity contribution in [3.05, 3.63) is 74.3 Å². The lowest BCUT2D eigenvalue weighted by Gasteiger charge is -2.43. The number of benzene rings is 2. The number of carbonyl (C=O) groups excluding carboxylic acids is 1. The fourth-order valence-corrected chi connectivity index (χ4v) is 3.96. The number of rotatable bonds is 5. The highest BCUT2D eigenvalue weighted by atomic mass is 35.5. The van der Waals surface area contributed by atoms with Crippen LogP contribution in [0.1, 0.15) is 49.2 Å². The Hall–Kier alpha value is -3.19. The van der Waals surface area contributed by atoms with E-state index < -0.39 is 10.8 Å². The first kappa shape index (κ1) is 21.5. The molecule has 2 aromatic carbocycles. The Balaban J connectivity index is 1.81. The number of hydrogen-bond donors (Lipinski definition) is 1. The first-order valence-electron chi connectivity index (χ1n) is 9.53. The van der Waals surface area contributed by atoms with E-state index in [1.165, 1.54) is 30.5 Å². The third kappa shape index (κ3) is 4.21. The van der Waals surface area contributed by atoms with Crippen LogP contribution in [0.2, 0.25) is 5.02 Å². The lowest BCUT2D eigenvalue weighted by molar-refractivity contribution is -0.384. The quantitative estimate of drug-likeness (QED) is 0.412. The van der Waals surface area contributed by atoms with Crippen LogP contribution >= 0.6 is 11.6 Å². The van der Waals surface area contributed by atoms with Crippen molar-refractivity contribution in [2.24, 2.45) is 5.10 Å². The Kier molecular flexibility index (Phi) is 5.94. The van der Waals surface area contributed by atoms with Gasteiger partial charge in [-0.25, -0.2) is 5.43 Å². The third-order valence-electron chi connectivity index (χ3n) is 5.12. The number of amides is 1. The first-order chi connectivity index (χ1) is 14.1. The molecule has 2 aromatic rings. The van der Waals surface area contributed by atoms with Crippen LogP contribution in [0, 0.1) is 10.1 Å². The van der Waals surface area contributed by atoms with Gasteiger partial charge in [-0.3, -0.25) is 14.9 Å². The molecule has 3 rings (SSSR count). The van der Waals surface area contributed by atoms with Gasteiger partial charge in [-0.05, 0) is 57.5 Å². The highest BCUT2D eigenvalue weighted by Gasteiger charge is 2.30. The number of hydrazone groups is 1. The fraction of sp³-hybridized carbons (Fsp3) is 0.273. The number of nitrogens with one attached hydrogen (secondary N) is 1. The van der Waals surface area contributed by atoms with Crippen molar-refractivity contribution in [1.82, 2.24) is 5.43 Å². The Morgan fingerprint density at radius 3 is 2.57 bits per heavy atom. The van der Waals surface area contributed by atoms with E-state index in [9.17, 15) is 14.9 Å². The number of nitrogens with zero attached hydrogens (tertiary/aromatic N) is 3. The monoisotopic (exact) mass is 426 g/mol. The van der Waals surface area contributed by atoms with Crippen molar-refractivity contribution in [3.8, 4) is 0 Å². The van der Waals surface area contributed by atoms with Gasteiger partial charge in [0, 0.05) is 41.1 Å². The van der Waals surface area contributed by atoms with Gasteiger partial charge in [0.05, 0.1) is 21.7 Å². The second kappa shape index (κ2) is 8.28. The second-order valence-electron chi connectivity index (χ2n) is 7.62. The Labute approximate surface area is 180 Å². The van der Waals surface area contributed by atoms with Gasteiger partial charge in [0.2, 0.25) is 0 Å². The van der Waals surface area contributed by atoms with Crippen molar-refractivity contribution in [2.45, 2.75) is 33.2 Å². The summed E-state index contributed by atoms with van der Waals surface area (Å²) in [5, 5.41) is 15.2. The lowest BCUT2D eigenvalue weighted by Crippen LogP contribution is -2.44. The summed E-state index contributed by atoms with van der Waals surface area (Å²) in [5.41, 5.74) is 6.49. The second-order valence-corrected chi connectivity index (χ2v) is 8.03.